The summed E-state index contributed by atoms with van der Waals surface area (Å²) in [5.41, 5.74) is 1.13. The third-order valence-electron chi connectivity index (χ3n) is 4.51. The van der Waals surface area contributed by atoms with Gasteiger partial charge >= 0.3 is 0 Å². The molecule has 0 aliphatic heterocycles. The summed E-state index contributed by atoms with van der Waals surface area (Å²) in [6.45, 7) is 3.18. The minimum atomic E-state index is -3.81. The number of hydrogen-bond donors (Lipinski definition) is 1. The molecule has 0 fully saturated rings. The van der Waals surface area contributed by atoms with Crippen molar-refractivity contribution in [1.29, 1.82) is 0 Å². The van der Waals surface area contributed by atoms with Crippen LogP contribution in [0.5, 0.6) is 0 Å². The maximum Gasteiger partial charge on any atom is 0.240 e. The van der Waals surface area contributed by atoms with Gasteiger partial charge in [-0.25, -0.2) is 13.1 Å². The molecule has 0 aromatic heterocycles. The van der Waals surface area contributed by atoms with Crippen molar-refractivity contribution in [2.75, 3.05) is 13.6 Å². The normalized spacial score (nSPS) is 12.4. The van der Waals surface area contributed by atoms with Crippen LogP contribution in [0.1, 0.15) is 42.2 Å². The number of sulfonamides is 1. The molecular formula is C20H23ClN2O4S. The Kier molecular flexibility index (Phi) is 7.35. The smallest absolute Gasteiger partial charge is 0.240 e. The van der Waals surface area contributed by atoms with Crippen LogP contribution < -0.4 is 4.72 Å². The fourth-order valence-corrected chi connectivity index (χ4v) is 4.04. The highest BCUT2D eigenvalue weighted by atomic mass is 35.5. The van der Waals surface area contributed by atoms with E-state index >= 15 is 0 Å². The Balaban J connectivity index is 1.98. The maximum absolute atomic E-state index is 12.4. The monoisotopic (exact) mass is 422 g/mol. The number of nitrogens with zero attached hydrogens (tertiary/aromatic N) is 1. The molecule has 2 aromatic carbocycles. The quantitative estimate of drug-likeness (QED) is 0.660. The van der Waals surface area contributed by atoms with Crippen LogP contribution in [-0.4, -0.2) is 38.6 Å². The molecule has 2 aromatic rings. The second kappa shape index (κ2) is 9.32. The lowest BCUT2D eigenvalue weighted by atomic mass is 10.1. The molecule has 1 amide bonds. The van der Waals surface area contributed by atoms with E-state index in [0.29, 0.717) is 10.6 Å². The first-order valence-electron chi connectivity index (χ1n) is 8.74. The summed E-state index contributed by atoms with van der Waals surface area (Å²) in [7, 11) is -2.16. The first kappa shape index (κ1) is 22.1. The summed E-state index contributed by atoms with van der Waals surface area (Å²) in [4.78, 5) is 25.4. The van der Waals surface area contributed by atoms with E-state index in [1.54, 1.807) is 19.2 Å². The maximum atomic E-state index is 12.4. The molecule has 28 heavy (non-hydrogen) atoms. The molecule has 0 saturated carbocycles. The second-order valence-corrected chi connectivity index (χ2v) is 8.61. The number of rotatable bonds is 8. The van der Waals surface area contributed by atoms with Gasteiger partial charge < -0.3 is 4.90 Å². The van der Waals surface area contributed by atoms with Crippen molar-refractivity contribution < 1.29 is 18.0 Å². The van der Waals surface area contributed by atoms with Crippen LogP contribution in [0.3, 0.4) is 0 Å². The first-order chi connectivity index (χ1) is 13.1. The molecule has 0 aliphatic rings. The van der Waals surface area contributed by atoms with E-state index in [9.17, 15) is 18.0 Å². The van der Waals surface area contributed by atoms with Crippen LogP contribution in [0, 0.1) is 0 Å². The topological polar surface area (TPSA) is 83.5 Å². The average Bonchev–Trinajstić information content (AvgIpc) is 2.67. The van der Waals surface area contributed by atoms with Crippen molar-refractivity contribution in [3.63, 3.8) is 0 Å². The summed E-state index contributed by atoms with van der Waals surface area (Å²) < 4.78 is 27.2. The van der Waals surface area contributed by atoms with E-state index in [1.165, 1.54) is 30.0 Å². The van der Waals surface area contributed by atoms with Crippen LogP contribution in [0.4, 0.5) is 0 Å². The molecule has 2 rings (SSSR count). The van der Waals surface area contributed by atoms with Crippen LogP contribution in [0.2, 0.25) is 5.02 Å². The van der Waals surface area contributed by atoms with Crippen LogP contribution >= 0.6 is 11.6 Å². The van der Waals surface area contributed by atoms with E-state index in [-0.39, 0.29) is 35.6 Å². The Morgan fingerprint density at radius 3 is 2.46 bits per heavy atom. The summed E-state index contributed by atoms with van der Waals surface area (Å²) >= 11 is 6.18. The van der Waals surface area contributed by atoms with E-state index in [1.807, 2.05) is 25.1 Å². The fourth-order valence-electron chi connectivity index (χ4n) is 2.67. The van der Waals surface area contributed by atoms with Crippen molar-refractivity contribution >= 4 is 33.3 Å². The Labute approximate surface area is 170 Å². The standard InChI is InChI=1S/C20H23ClN2O4S/c1-14(18-9-4-5-10-19(18)21)23(3)20(25)11-12-22-28(26,27)17-8-6-7-16(13-17)15(2)24/h4-10,13-14,22H,11-12H2,1-3H3. The van der Waals surface area contributed by atoms with Gasteiger partial charge in [0.25, 0.3) is 0 Å². The van der Waals surface area contributed by atoms with Crippen molar-refractivity contribution in [3.8, 4) is 0 Å². The lowest BCUT2D eigenvalue weighted by molar-refractivity contribution is -0.131. The average molecular weight is 423 g/mol. The Morgan fingerprint density at radius 2 is 1.82 bits per heavy atom. The van der Waals surface area contributed by atoms with Gasteiger partial charge in [0.15, 0.2) is 5.78 Å². The molecular weight excluding hydrogens is 400 g/mol. The summed E-state index contributed by atoms with van der Waals surface area (Å²) in [5, 5.41) is 0.570. The van der Waals surface area contributed by atoms with Gasteiger partial charge in [-0.1, -0.05) is 41.9 Å². The van der Waals surface area contributed by atoms with E-state index in [0.717, 1.165) is 5.56 Å². The number of nitrogens with one attached hydrogen (secondary N) is 1. The summed E-state index contributed by atoms with van der Waals surface area (Å²) in [6, 6.07) is 12.8. The number of benzene rings is 2. The second-order valence-electron chi connectivity index (χ2n) is 6.43. The SMILES string of the molecule is CC(=O)c1cccc(S(=O)(=O)NCCC(=O)N(C)C(C)c2ccccc2Cl)c1. The van der Waals surface area contributed by atoms with Crippen LogP contribution in [0.25, 0.3) is 0 Å². The lowest BCUT2D eigenvalue weighted by Gasteiger charge is -2.26. The highest BCUT2D eigenvalue weighted by molar-refractivity contribution is 7.89. The number of ketones is 1. The molecule has 0 aliphatic carbocycles. The lowest BCUT2D eigenvalue weighted by Crippen LogP contribution is -2.33. The first-order valence-corrected chi connectivity index (χ1v) is 10.6. The predicted molar refractivity (Wildman–Crippen MR) is 109 cm³/mol. The molecule has 1 unspecified atom stereocenters. The highest BCUT2D eigenvalue weighted by Crippen LogP contribution is 2.26. The molecule has 0 bridgehead atoms. The minimum Gasteiger partial charge on any atom is -0.339 e. The molecule has 0 spiro atoms. The van der Waals surface area contributed by atoms with Gasteiger partial charge in [0.1, 0.15) is 0 Å². The molecule has 0 radical (unpaired) electrons. The van der Waals surface area contributed by atoms with Gasteiger partial charge in [-0.3, -0.25) is 9.59 Å². The third kappa shape index (κ3) is 5.41. The van der Waals surface area contributed by atoms with Gasteiger partial charge in [0, 0.05) is 30.6 Å². The van der Waals surface area contributed by atoms with Gasteiger partial charge in [0.2, 0.25) is 15.9 Å². The fraction of sp³-hybridized carbons (Fsp3) is 0.300. The number of carbonyl (C=O) groups is 2. The van der Waals surface area contributed by atoms with Crippen molar-refractivity contribution in [1.82, 2.24) is 9.62 Å². The van der Waals surface area contributed by atoms with Crippen molar-refractivity contribution in [2.24, 2.45) is 0 Å². The predicted octanol–water partition coefficient (Wildman–Crippen LogP) is 3.43. The van der Waals surface area contributed by atoms with E-state index < -0.39 is 10.0 Å². The van der Waals surface area contributed by atoms with Gasteiger partial charge in [0.05, 0.1) is 10.9 Å². The molecule has 6 nitrogen and oxygen atoms in total. The molecule has 0 heterocycles. The molecule has 0 saturated heterocycles. The zero-order valence-electron chi connectivity index (χ0n) is 16.0. The van der Waals surface area contributed by atoms with Crippen LogP contribution in [0.15, 0.2) is 53.4 Å². The number of Topliss-reactive ketones (excluding diaryl/α,β-unsaturated/α-hetero) is 1. The summed E-state index contributed by atoms with van der Waals surface area (Å²) in [6.07, 6.45) is -0.00305. The van der Waals surface area contributed by atoms with Gasteiger partial charge in [-0.05, 0) is 37.6 Å². The molecule has 8 heteroatoms. The van der Waals surface area contributed by atoms with E-state index in [2.05, 4.69) is 4.72 Å². The largest absolute Gasteiger partial charge is 0.339 e. The summed E-state index contributed by atoms with van der Waals surface area (Å²) in [5.74, 6) is -0.435. The Hall–Kier alpha value is -2.22. The number of hydrogen-bond acceptors (Lipinski definition) is 4. The molecule has 1 atom stereocenters. The van der Waals surface area contributed by atoms with Gasteiger partial charge in [-0.15, -0.1) is 0 Å². The number of carbonyl (C=O) groups excluding carboxylic acids is 2. The van der Waals surface area contributed by atoms with Crippen molar-refractivity contribution in [2.45, 2.75) is 31.2 Å². The van der Waals surface area contributed by atoms with Gasteiger partial charge in [-0.2, -0.15) is 0 Å². The number of halogens is 1. The Morgan fingerprint density at radius 1 is 1.14 bits per heavy atom. The zero-order chi connectivity index (χ0) is 20.9. The third-order valence-corrected chi connectivity index (χ3v) is 6.31. The van der Waals surface area contributed by atoms with Crippen LogP contribution in [-0.2, 0) is 14.8 Å². The Bertz CT molecular complexity index is 976. The minimum absolute atomic E-state index is 0.00305. The van der Waals surface area contributed by atoms with Crippen molar-refractivity contribution in [3.05, 3.63) is 64.7 Å². The molecule has 1 N–H and O–H groups in total. The molecule has 150 valence electrons. The van der Waals surface area contributed by atoms with E-state index in [4.69, 9.17) is 11.6 Å². The highest BCUT2D eigenvalue weighted by Gasteiger charge is 2.20. The number of amides is 1. The zero-order valence-corrected chi connectivity index (χ0v) is 17.5.